The summed E-state index contributed by atoms with van der Waals surface area (Å²) in [6.07, 6.45) is 1.40. The van der Waals surface area contributed by atoms with E-state index < -0.39 is 0 Å². The Morgan fingerprint density at radius 1 is 1.24 bits per heavy atom. The van der Waals surface area contributed by atoms with E-state index in [-0.39, 0.29) is 23.7 Å². The third-order valence-corrected chi connectivity index (χ3v) is 4.81. The summed E-state index contributed by atoms with van der Waals surface area (Å²) in [4.78, 5) is 24.6. The minimum atomic E-state index is -0.380. The number of aromatic nitrogens is 2. The molecule has 2 aromatic rings. The highest BCUT2D eigenvalue weighted by molar-refractivity contribution is 9.10. The number of aryl methyl sites for hydroxylation is 2. The SMILES string of the molecule is CC1CCC(C(=O)c2cc3c(cc2Br)n(C)c(=O)n3C)O1. The number of nitrogens with zero attached hydrogens (tertiary/aromatic N) is 2. The van der Waals surface area contributed by atoms with Crippen molar-refractivity contribution in [2.75, 3.05) is 0 Å². The van der Waals surface area contributed by atoms with Crippen LogP contribution in [0.25, 0.3) is 11.0 Å². The third-order valence-electron chi connectivity index (χ3n) is 4.15. The summed E-state index contributed by atoms with van der Waals surface area (Å²) in [6.45, 7) is 1.98. The number of ketones is 1. The number of hydrogen-bond donors (Lipinski definition) is 0. The molecule has 0 spiro atoms. The predicted octanol–water partition coefficient (Wildman–Crippen LogP) is 2.39. The van der Waals surface area contributed by atoms with E-state index in [1.807, 2.05) is 13.0 Å². The van der Waals surface area contributed by atoms with E-state index >= 15 is 0 Å². The van der Waals surface area contributed by atoms with Crippen molar-refractivity contribution in [3.05, 3.63) is 32.7 Å². The number of rotatable bonds is 2. The fourth-order valence-electron chi connectivity index (χ4n) is 2.88. The Balaban J connectivity index is 2.11. The first-order chi connectivity index (χ1) is 9.90. The Morgan fingerprint density at radius 2 is 1.86 bits per heavy atom. The fraction of sp³-hybridized carbons (Fsp3) is 0.467. The molecule has 2 heterocycles. The molecule has 0 amide bonds. The van der Waals surface area contributed by atoms with Crippen molar-refractivity contribution in [3.63, 3.8) is 0 Å². The molecule has 1 aromatic heterocycles. The number of carbonyl (C=O) groups is 1. The summed E-state index contributed by atoms with van der Waals surface area (Å²) in [5.74, 6) is -0.0237. The lowest BCUT2D eigenvalue weighted by atomic mass is 10.0. The molecule has 1 aromatic carbocycles. The van der Waals surface area contributed by atoms with E-state index in [9.17, 15) is 9.59 Å². The van der Waals surface area contributed by atoms with Crippen molar-refractivity contribution in [2.45, 2.75) is 32.0 Å². The zero-order valence-corrected chi connectivity index (χ0v) is 13.8. The highest BCUT2D eigenvalue weighted by atomic mass is 79.9. The topological polar surface area (TPSA) is 53.2 Å². The third kappa shape index (κ3) is 2.26. The van der Waals surface area contributed by atoms with Crippen LogP contribution in [-0.4, -0.2) is 27.1 Å². The molecule has 1 fully saturated rings. The Labute approximate surface area is 130 Å². The number of carbonyl (C=O) groups excluding carboxylic acids is 1. The first-order valence-electron chi connectivity index (χ1n) is 6.94. The fourth-order valence-corrected chi connectivity index (χ4v) is 3.40. The van der Waals surface area contributed by atoms with Crippen molar-refractivity contribution in [1.29, 1.82) is 0 Å². The molecule has 1 aliphatic rings. The lowest BCUT2D eigenvalue weighted by Gasteiger charge is -2.12. The first kappa shape index (κ1) is 14.5. The Hall–Kier alpha value is -1.40. The van der Waals surface area contributed by atoms with Gasteiger partial charge in [-0.2, -0.15) is 0 Å². The van der Waals surface area contributed by atoms with Crippen LogP contribution in [0, 0.1) is 0 Å². The number of imidazole rings is 1. The van der Waals surface area contributed by atoms with Gasteiger partial charge in [0.1, 0.15) is 6.10 Å². The molecule has 1 aliphatic heterocycles. The van der Waals surface area contributed by atoms with Crippen LogP contribution in [0.2, 0.25) is 0 Å². The second-order valence-electron chi connectivity index (χ2n) is 5.60. The molecule has 0 aliphatic carbocycles. The Morgan fingerprint density at radius 3 is 2.43 bits per heavy atom. The number of hydrogen-bond acceptors (Lipinski definition) is 3. The van der Waals surface area contributed by atoms with Gasteiger partial charge in [-0.05, 0) is 47.8 Å². The summed E-state index contributed by atoms with van der Waals surface area (Å²) >= 11 is 3.45. The summed E-state index contributed by atoms with van der Waals surface area (Å²) < 4.78 is 9.48. The molecular weight excluding hydrogens is 336 g/mol. The van der Waals surface area contributed by atoms with Gasteiger partial charge in [0.2, 0.25) is 0 Å². The smallest absolute Gasteiger partial charge is 0.328 e. The van der Waals surface area contributed by atoms with Gasteiger partial charge in [-0.25, -0.2) is 4.79 Å². The van der Waals surface area contributed by atoms with Crippen LogP contribution in [0.1, 0.15) is 30.1 Å². The van der Waals surface area contributed by atoms with E-state index in [1.165, 1.54) is 0 Å². The molecule has 0 bridgehead atoms. The molecule has 1 saturated heterocycles. The lowest BCUT2D eigenvalue weighted by Crippen LogP contribution is -2.21. The highest BCUT2D eigenvalue weighted by Crippen LogP contribution is 2.28. The molecule has 3 rings (SSSR count). The zero-order chi connectivity index (χ0) is 15.3. The number of benzene rings is 1. The van der Waals surface area contributed by atoms with Crippen LogP contribution in [0.3, 0.4) is 0 Å². The summed E-state index contributed by atoms with van der Waals surface area (Å²) in [5, 5.41) is 0. The molecule has 0 N–H and O–H groups in total. The van der Waals surface area contributed by atoms with Crippen LogP contribution in [0.15, 0.2) is 21.4 Å². The maximum atomic E-state index is 12.6. The average molecular weight is 353 g/mol. The molecule has 5 nitrogen and oxygen atoms in total. The van der Waals surface area contributed by atoms with Gasteiger partial charge in [-0.3, -0.25) is 13.9 Å². The van der Waals surface area contributed by atoms with Crippen molar-refractivity contribution in [3.8, 4) is 0 Å². The van der Waals surface area contributed by atoms with Gasteiger partial charge in [0.05, 0.1) is 17.1 Å². The van der Waals surface area contributed by atoms with Gasteiger partial charge >= 0.3 is 5.69 Å². The maximum Gasteiger partial charge on any atom is 0.328 e. The maximum absolute atomic E-state index is 12.6. The molecule has 6 heteroatoms. The monoisotopic (exact) mass is 352 g/mol. The molecule has 0 saturated carbocycles. The minimum Gasteiger partial charge on any atom is -0.367 e. The average Bonchev–Trinajstić information content (AvgIpc) is 2.97. The summed E-state index contributed by atoms with van der Waals surface area (Å²) in [7, 11) is 3.43. The molecular formula is C15H17BrN2O3. The lowest BCUT2D eigenvalue weighted by molar-refractivity contribution is 0.0433. The molecule has 21 heavy (non-hydrogen) atoms. The minimum absolute atomic E-state index is 0.0237. The predicted molar refractivity (Wildman–Crippen MR) is 83.8 cm³/mol. The van der Waals surface area contributed by atoms with Gasteiger partial charge < -0.3 is 4.74 Å². The number of ether oxygens (including phenoxy) is 1. The summed E-state index contributed by atoms with van der Waals surface area (Å²) in [6, 6.07) is 3.60. The second-order valence-corrected chi connectivity index (χ2v) is 6.45. The van der Waals surface area contributed by atoms with Crippen molar-refractivity contribution in [2.24, 2.45) is 14.1 Å². The zero-order valence-electron chi connectivity index (χ0n) is 12.2. The van der Waals surface area contributed by atoms with Gasteiger partial charge in [0, 0.05) is 24.1 Å². The number of fused-ring (bicyclic) bond motifs is 1. The normalized spacial score (nSPS) is 22.1. The van der Waals surface area contributed by atoms with Crippen molar-refractivity contribution < 1.29 is 9.53 Å². The molecule has 112 valence electrons. The Bertz CT molecular complexity index is 790. The van der Waals surface area contributed by atoms with Gasteiger partial charge in [0.15, 0.2) is 5.78 Å². The largest absolute Gasteiger partial charge is 0.367 e. The van der Waals surface area contributed by atoms with E-state index in [2.05, 4.69) is 15.9 Å². The van der Waals surface area contributed by atoms with E-state index in [0.717, 1.165) is 23.9 Å². The molecule has 2 unspecified atom stereocenters. The van der Waals surface area contributed by atoms with Gasteiger partial charge in [-0.15, -0.1) is 0 Å². The van der Waals surface area contributed by atoms with Crippen LogP contribution >= 0.6 is 15.9 Å². The van der Waals surface area contributed by atoms with Crippen LogP contribution < -0.4 is 5.69 Å². The van der Waals surface area contributed by atoms with Crippen molar-refractivity contribution >= 4 is 32.7 Å². The summed E-state index contributed by atoms with van der Waals surface area (Å²) in [5.41, 5.74) is 2.02. The number of Topliss-reactive ketones (excluding diaryl/α,β-unsaturated/α-hetero) is 1. The molecule has 0 radical (unpaired) electrons. The second kappa shape index (κ2) is 5.10. The highest BCUT2D eigenvalue weighted by Gasteiger charge is 2.30. The van der Waals surface area contributed by atoms with E-state index in [4.69, 9.17) is 4.74 Å². The van der Waals surface area contributed by atoms with Crippen LogP contribution in [0.4, 0.5) is 0 Å². The van der Waals surface area contributed by atoms with Crippen molar-refractivity contribution in [1.82, 2.24) is 9.13 Å². The molecule has 2 atom stereocenters. The van der Waals surface area contributed by atoms with Gasteiger partial charge in [-0.1, -0.05) is 0 Å². The van der Waals surface area contributed by atoms with Crippen LogP contribution in [-0.2, 0) is 18.8 Å². The van der Waals surface area contributed by atoms with E-state index in [0.29, 0.717) is 10.0 Å². The first-order valence-corrected chi connectivity index (χ1v) is 7.74. The standard InChI is InChI=1S/C15H17BrN2O3/c1-8-4-5-13(21-8)14(19)9-6-11-12(7-10(9)16)18(3)15(20)17(11)2/h6-8,13H,4-5H2,1-3H3. The van der Waals surface area contributed by atoms with Gasteiger partial charge in [0.25, 0.3) is 0 Å². The van der Waals surface area contributed by atoms with Crippen LogP contribution in [0.5, 0.6) is 0 Å². The van der Waals surface area contributed by atoms with E-state index in [1.54, 1.807) is 29.3 Å². The Kier molecular flexibility index (Phi) is 3.53. The number of halogens is 1. The quantitative estimate of drug-likeness (QED) is 0.779.